The molecule has 0 aliphatic carbocycles. The standard InChI is InChI=1S/C21H27FN2O4S/c1-4-19(16-11-13-17(28-2)14-12-16)23-21(25)10-7-15-24(29(3,26)27)20-9-6-5-8-18(20)22/h5-6,8-9,11-14,19H,4,7,10,15H2,1-3H3,(H,23,25)/t19-/m1/s1. The lowest BCUT2D eigenvalue weighted by atomic mass is 10.0. The van der Waals surface area contributed by atoms with Gasteiger partial charge in [0, 0.05) is 13.0 Å². The van der Waals surface area contributed by atoms with Crippen LogP contribution in [0.3, 0.4) is 0 Å². The number of sulfonamides is 1. The highest BCUT2D eigenvalue weighted by molar-refractivity contribution is 7.92. The number of methoxy groups -OCH3 is 1. The second-order valence-corrected chi connectivity index (χ2v) is 8.60. The van der Waals surface area contributed by atoms with Gasteiger partial charge in [-0.15, -0.1) is 0 Å². The number of halogens is 1. The molecule has 0 saturated carbocycles. The summed E-state index contributed by atoms with van der Waals surface area (Å²) in [6.45, 7) is 1.99. The molecule has 0 fully saturated rings. The molecule has 0 bridgehead atoms. The minimum atomic E-state index is -3.67. The quantitative estimate of drug-likeness (QED) is 0.634. The highest BCUT2D eigenvalue weighted by atomic mass is 32.2. The minimum Gasteiger partial charge on any atom is -0.497 e. The molecule has 1 atom stereocenters. The number of rotatable bonds is 10. The zero-order chi connectivity index (χ0) is 21.4. The summed E-state index contributed by atoms with van der Waals surface area (Å²) in [5.74, 6) is -0.0634. The highest BCUT2D eigenvalue weighted by Gasteiger charge is 2.21. The van der Waals surface area contributed by atoms with Gasteiger partial charge in [-0.05, 0) is 42.7 Å². The van der Waals surface area contributed by atoms with E-state index in [1.54, 1.807) is 13.2 Å². The largest absolute Gasteiger partial charge is 0.497 e. The average Bonchev–Trinajstić information content (AvgIpc) is 2.69. The Bertz CT molecular complexity index is 917. The van der Waals surface area contributed by atoms with Crippen molar-refractivity contribution in [1.82, 2.24) is 5.32 Å². The van der Waals surface area contributed by atoms with E-state index >= 15 is 0 Å². The molecule has 0 unspecified atom stereocenters. The number of hydrogen-bond acceptors (Lipinski definition) is 4. The SMILES string of the molecule is CC[C@@H](NC(=O)CCCN(c1ccccc1F)S(C)(=O)=O)c1ccc(OC)cc1. The number of nitrogens with one attached hydrogen (secondary N) is 1. The maximum atomic E-state index is 14.0. The van der Waals surface area contributed by atoms with Gasteiger partial charge < -0.3 is 10.1 Å². The first kappa shape index (κ1) is 22.7. The van der Waals surface area contributed by atoms with Gasteiger partial charge in [-0.2, -0.15) is 0 Å². The molecule has 0 aromatic heterocycles. The van der Waals surface area contributed by atoms with E-state index < -0.39 is 15.8 Å². The molecule has 1 amide bonds. The molecule has 0 aliphatic rings. The summed E-state index contributed by atoms with van der Waals surface area (Å²) in [6.07, 6.45) is 2.14. The number of hydrogen-bond donors (Lipinski definition) is 1. The molecule has 2 rings (SSSR count). The van der Waals surface area contributed by atoms with Gasteiger partial charge in [0.15, 0.2) is 0 Å². The fraction of sp³-hybridized carbons (Fsp3) is 0.381. The Morgan fingerprint density at radius 3 is 2.38 bits per heavy atom. The molecule has 0 aliphatic heterocycles. The van der Waals surface area contributed by atoms with Crippen LogP contribution in [-0.4, -0.2) is 34.2 Å². The van der Waals surface area contributed by atoms with E-state index in [1.165, 1.54) is 18.2 Å². The number of para-hydroxylation sites is 1. The Balaban J connectivity index is 1.96. The monoisotopic (exact) mass is 422 g/mol. The Morgan fingerprint density at radius 2 is 1.83 bits per heavy atom. The normalized spacial score (nSPS) is 12.3. The van der Waals surface area contributed by atoms with Crippen molar-refractivity contribution in [1.29, 1.82) is 0 Å². The highest BCUT2D eigenvalue weighted by Crippen LogP contribution is 2.23. The van der Waals surface area contributed by atoms with Crippen molar-refractivity contribution in [2.24, 2.45) is 0 Å². The van der Waals surface area contributed by atoms with Gasteiger partial charge in [0.05, 0.1) is 25.1 Å². The summed E-state index contributed by atoms with van der Waals surface area (Å²) < 4.78 is 44.3. The fourth-order valence-corrected chi connectivity index (χ4v) is 3.99. The maximum absolute atomic E-state index is 14.0. The molecule has 1 N–H and O–H groups in total. The molecule has 158 valence electrons. The van der Waals surface area contributed by atoms with E-state index in [9.17, 15) is 17.6 Å². The van der Waals surface area contributed by atoms with Crippen molar-refractivity contribution < 1.29 is 22.3 Å². The van der Waals surface area contributed by atoms with Crippen LogP contribution in [0.2, 0.25) is 0 Å². The van der Waals surface area contributed by atoms with Crippen molar-refractivity contribution in [2.45, 2.75) is 32.2 Å². The van der Waals surface area contributed by atoms with E-state index in [2.05, 4.69) is 5.32 Å². The number of benzene rings is 2. The third-order valence-electron chi connectivity index (χ3n) is 4.55. The predicted octanol–water partition coefficient (Wildman–Crippen LogP) is 3.65. The molecule has 0 heterocycles. The zero-order valence-corrected chi connectivity index (χ0v) is 17.7. The van der Waals surface area contributed by atoms with Crippen LogP contribution in [0.25, 0.3) is 0 Å². The molecule has 2 aromatic rings. The third kappa shape index (κ3) is 6.45. The van der Waals surface area contributed by atoms with Crippen LogP contribution in [0.4, 0.5) is 10.1 Å². The van der Waals surface area contributed by atoms with Crippen LogP contribution in [0.5, 0.6) is 5.75 Å². The van der Waals surface area contributed by atoms with Crippen LogP contribution < -0.4 is 14.4 Å². The second kappa shape index (κ2) is 10.2. The van der Waals surface area contributed by atoms with Crippen LogP contribution in [0.1, 0.15) is 37.8 Å². The van der Waals surface area contributed by atoms with Crippen molar-refractivity contribution in [2.75, 3.05) is 24.2 Å². The van der Waals surface area contributed by atoms with Gasteiger partial charge in [-0.3, -0.25) is 9.10 Å². The fourth-order valence-electron chi connectivity index (χ4n) is 3.03. The van der Waals surface area contributed by atoms with Crippen LogP contribution >= 0.6 is 0 Å². The van der Waals surface area contributed by atoms with Crippen molar-refractivity contribution in [3.63, 3.8) is 0 Å². The van der Waals surface area contributed by atoms with E-state index in [0.29, 0.717) is 6.42 Å². The Kier molecular flexibility index (Phi) is 8.01. The number of amides is 1. The van der Waals surface area contributed by atoms with Gasteiger partial charge in [-0.25, -0.2) is 12.8 Å². The van der Waals surface area contributed by atoms with Gasteiger partial charge in [0.25, 0.3) is 0 Å². The summed E-state index contributed by atoms with van der Waals surface area (Å²) in [7, 11) is -2.07. The lowest BCUT2D eigenvalue weighted by molar-refractivity contribution is -0.121. The van der Waals surface area contributed by atoms with E-state index in [1.807, 2.05) is 31.2 Å². The third-order valence-corrected chi connectivity index (χ3v) is 5.73. The Morgan fingerprint density at radius 1 is 1.17 bits per heavy atom. The zero-order valence-electron chi connectivity index (χ0n) is 16.9. The number of ether oxygens (including phenoxy) is 1. The van der Waals surface area contributed by atoms with Gasteiger partial charge in [-0.1, -0.05) is 31.2 Å². The Labute approximate surface area is 171 Å². The molecule has 8 heteroatoms. The summed E-state index contributed by atoms with van der Waals surface area (Å²) in [6, 6.07) is 13.0. The molecular formula is C21H27FN2O4S. The van der Waals surface area contributed by atoms with Crippen molar-refractivity contribution in [3.05, 3.63) is 59.9 Å². The summed E-state index contributed by atoms with van der Waals surface area (Å²) >= 11 is 0. The summed E-state index contributed by atoms with van der Waals surface area (Å²) in [5, 5.41) is 2.96. The number of carbonyl (C=O) groups excluding carboxylic acids is 1. The number of nitrogens with zero attached hydrogens (tertiary/aromatic N) is 1. The second-order valence-electron chi connectivity index (χ2n) is 6.69. The van der Waals surface area contributed by atoms with Crippen molar-refractivity contribution in [3.8, 4) is 5.75 Å². The van der Waals surface area contributed by atoms with Gasteiger partial charge >= 0.3 is 0 Å². The lowest BCUT2D eigenvalue weighted by Crippen LogP contribution is -2.33. The number of carbonyl (C=O) groups is 1. The topological polar surface area (TPSA) is 75.7 Å². The first-order valence-corrected chi connectivity index (χ1v) is 11.3. The molecule has 29 heavy (non-hydrogen) atoms. The van der Waals surface area contributed by atoms with Gasteiger partial charge in [0.1, 0.15) is 11.6 Å². The predicted molar refractivity (Wildman–Crippen MR) is 112 cm³/mol. The lowest BCUT2D eigenvalue weighted by Gasteiger charge is -2.23. The molecule has 0 saturated heterocycles. The van der Waals surface area contributed by atoms with E-state index in [-0.39, 0.29) is 37.0 Å². The Hall–Kier alpha value is -2.61. The summed E-state index contributed by atoms with van der Waals surface area (Å²) in [4.78, 5) is 12.4. The smallest absolute Gasteiger partial charge is 0.232 e. The molecule has 0 radical (unpaired) electrons. The number of anilines is 1. The summed E-state index contributed by atoms with van der Waals surface area (Å²) in [5.41, 5.74) is 0.950. The van der Waals surface area contributed by atoms with Crippen molar-refractivity contribution >= 4 is 21.6 Å². The van der Waals surface area contributed by atoms with E-state index in [0.717, 1.165) is 21.9 Å². The van der Waals surface area contributed by atoms with E-state index in [4.69, 9.17) is 4.74 Å². The molecule has 2 aromatic carbocycles. The molecular weight excluding hydrogens is 395 g/mol. The first-order chi connectivity index (χ1) is 13.8. The minimum absolute atomic E-state index is 0.0138. The van der Waals surface area contributed by atoms with Crippen LogP contribution in [-0.2, 0) is 14.8 Å². The van der Waals surface area contributed by atoms with Gasteiger partial charge in [0.2, 0.25) is 15.9 Å². The van der Waals surface area contributed by atoms with Crippen LogP contribution in [0, 0.1) is 5.82 Å². The van der Waals surface area contributed by atoms with Crippen LogP contribution in [0.15, 0.2) is 48.5 Å². The molecule has 0 spiro atoms. The average molecular weight is 423 g/mol. The maximum Gasteiger partial charge on any atom is 0.232 e. The first-order valence-electron chi connectivity index (χ1n) is 9.41. The molecule has 6 nitrogen and oxygen atoms in total.